The maximum atomic E-state index is 5.97. The van der Waals surface area contributed by atoms with Crippen LogP contribution >= 0.6 is 0 Å². The SMILES string of the molecule is Cc1cc2ncc(C(C)(C)N)cn2n1. The molecule has 2 N–H and O–H groups in total. The van der Waals surface area contributed by atoms with Crippen LogP contribution in [0, 0.1) is 6.92 Å². The maximum absolute atomic E-state index is 5.97. The second kappa shape index (κ2) is 2.78. The van der Waals surface area contributed by atoms with Gasteiger partial charge < -0.3 is 5.73 Å². The molecule has 4 nitrogen and oxygen atoms in total. The first-order valence-electron chi connectivity index (χ1n) is 4.58. The average Bonchev–Trinajstić information content (AvgIpc) is 2.41. The van der Waals surface area contributed by atoms with Gasteiger partial charge in [-0.1, -0.05) is 0 Å². The normalized spacial score (nSPS) is 12.3. The monoisotopic (exact) mass is 190 g/mol. The van der Waals surface area contributed by atoms with Crippen molar-refractivity contribution in [2.45, 2.75) is 26.3 Å². The molecule has 0 amide bonds. The van der Waals surface area contributed by atoms with Gasteiger partial charge in [-0.25, -0.2) is 9.50 Å². The molecule has 74 valence electrons. The number of aromatic nitrogens is 3. The Balaban J connectivity index is 2.62. The third-order valence-corrected chi connectivity index (χ3v) is 2.18. The summed E-state index contributed by atoms with van der Waals surface area (Å²) in [5.74, 6) is 0. The summed E-state index contributed by atoms with van der Waals surface area (Å²) in [5.41, 5.74) is 8.40. The molecule has 2 heterocycles. The van der Waals surface area contributed by atoms with E-state index >= 15 is 0 Å². The minimum Gasteiger partial charge on any atom is -0.322 e. The molecule has 2 aromatic heterocycles. The number of rotatable bonds is 1. The Kier molecular flexibility index (Phi) is 1.82. The first kappa shape index (κ1) is 9.15. The summed E-state index contributed by atoms with van der Waals surface area (Å²) >= 11 is 0. The second-order valence-electron chi connectivity index (χ2n) is 4.15. The third kappa shape index (κ3) is 1.48. The predicted octanol–water partition coefficient (Wildman–Crippen LogP) is 1.23. The van der Waals surface area contributed by atoms with Gasteiger partial charge in [0.15, 0.2) is 5.65 Å². The molecule has 0 saturated carbocycles. The molecule has 0 unspecified atom stereocenters. The van der Waals surface area contributed by atoms with Crippen molar-refractivity contribution < 1.29 is 0 Å². The van der Waals surface area contributed by atoms with E-state index in [1.165, 1.54) is 0 Å². The lowest BCUT2D eigenvalue weighted by Crippen LogP contribution is -2.29. The van der Waals surface area contributed by atoms with Gasteiger partial charge in [-0.2, -0.15) is 5.10 Å². The molecule has 2 rings (SSSR count). The lowest BCUT2D eigenvalue weighted by molar-refractivity contribution is 0.547. The van der Waals surface area contributed by atoms with Gasteiger partial charge >= 0.3 is 0 Å². The number of aryl methyl sites for hydroxylation is 1. The number of nitrogens with zero attached hydrogens (tertiary/aromatic N) is 3. The van der Waals surface area contributed by atoms with Crippen LogP contribution in [0.25, 0.3) is 5.65 Å². The third-order valence-electron chi connectivity index (χ3n) is 2.18. The summed E-state index contributed by atoms with van der Waals surface area (Å²) in [5, 5.41) is 4.29. The number of hydrogen-bond acceptors (Lipinski definition) is 3. The van der Waals surface area contributed by atoms with E-state index in [0.29, 0.717) is 0 Å². The Morgan fingerprint density at radius 1 is 1.43 bits per heavy atom. The second-order valence-corrected chi connectivity index (χ2v) is 4.15. The highest BCUT2D eigenvalue weighted by atomic mass is 15.2. The molecular weight excluding hydrogens is 176 g/mol. The van der Waals surface area contributed by atoms with Gasteiger partial charge in [0.25, 0.3) is 0 Å². The number of nitrogens with two attached hydrogens (primary N) is 1. The highest BCUT2D eigenvalue weighted by Gasteiger charge is 2.15. The first-order valence-corrected chi connectivity index (χ1v) is 4.58. The van der Waals surface area contributed by atoms with E-state index < -0.39 is 0 Å². The van der Waals surface area contributed by atoms with Crippen molar-refractivity contribution in [3.05, 3.63) is 29.7 Å². The molecule has 0 atom stereocenters. The standard InChI is InChI=1S/C10H14N4/c1-7-4-9-12-5-8(10(2,3)11)6-14(9)13-7/h4-6H,11H2,1-3H3. The fourth-order valence-electron chi connectivity index (χ4n) is 1.33. The zero-order valence-corrected chi connectivity index (χ0v) is 8.65. The molecule has 14 heavy (non-hydrogen) atoms. The van der Waals surface area contributed by atoms with Crippen LogP contribution in [0.15, 0.2) is 18.5 Å². The van der Waals surface area contributed by atoms with E-state index in [9.17, 15) is 0 Å². The van der Waals surface area contributed by atoms with Crippen LogP contribution in [0.5, 0.6) is 0 Å². The van der Waals surface area contributed by atoms with Crippen LogP contribution in [0.4, 0.5) is 0 Å². The predicted molar refractivity (Wildman–Crippen MR) is 54.9 cm³/mol. The summed E-state index contributed by atoms with van der Waals surface area (Å²) in [4.78, 5) is 4.29. The van der Waals surface area contributed by atoms with Gasteiger partial charge in [0.1, 0.15) is 0 Å². The Morgan fingerprint density at radius 2 is 2.14 bits per heavy atom. The quantitative estimate of drug-likeness (QED) is 0.735. The fourth-order valence-corrected chi connectivity index (χ4v) is 1.33. The van der Waals surface area contributed by atoms with Crippen molar-refractivity contribution in [2.75, 3.05) is 0 Å². The summed E-state index contributed by atoms with van der Waals surface area (Å²) in [6, 6.07) is 1.94. The van der Waals surface area contributed by atoms with Gasteiger partial charge in [0, 0.05) is 29.6 Å². The molecule has 0 bridgehead atoms. The molecule has 0 aliphatic heterocycles. The van der Waals surface area contributed by atoms with Crippen molar-refractivity contribution in [1.82, 2.24) is 14.6 Å². The van der Waals surface area contributed by atoms with Gasteiger partial charge in [0.05, 0.1) is 5.69 Å². The Bertz CT molecular complexity index is 464. The molecule has 0 radical (unpaired) electrons. The van der Waals surface area contributed by atoms with Crippen LogP contribution in [-0.4, -0.2) is 14.6 Å². The van der Waals surface area contributed by atoms with Gasteiger partial charge in [0.2, 0.25) is 0 Å². The van der Waals surface area contributed by atoms with Crippen LogP contribution in [-0.2, 0) is 5.54 Å². The Hall–Kier alpha value is -1.42. The van der Waals surface area contributed by atoms with Crippen molar-refractivity contribution in [2.24, 2.45) is 5.73 Å². The zero-order chi connectivity index (χ0) is 10.3. The smallest absolute Gasteiger partial charge is 0.155 e. The van der Waals surface area contributed by atoms with Crippen LogP contribution in [0.2, 0.25) is 0 Å². The van der Waals surface area contributed by atoms with Crippen molar-refractivity contribution in [3.8, 4) is 0 Å². The van der Waals surface area contributed by atoms with E-state index in [4.69, 9.17) is 5.73 Å². The molecule has 0 aromatic carbocycles. The van der Waals surface area contributed by atoms with E-state index in [0.717, 1.165) is 16.9 Å². The average molecular weight is 190 g/mol. The van der Waals surface area contributed by atoms with Crippen molar-refractivity contribution >= 4 is 5.65 Å². The minimum atomic E-state index is -0.374. The zero-order valence-electron chi connectivity index (χ0n) is 8.65. The lowest BCUT2D eigenvalue weighted by atomic mass is 9.99. The summed E-state index contributed by atoms with van der Waals surface area (Å²) < 4.78 is 1.76. The number of fused-ring (bicyclic) bond motifs is 1. The molecule has 2 aromatic rings. The summed E-state index contributed by atoms with van der Waals surface area (Å²) in [6.45, 7) is 5.85. The molecule has 0 fully saturated rings. The summed E-state index contributed by atoms with van der Waals surface area (Å²) in [6.07, 6.45) is 3.73. The van der Waals surface area contributed by atoms with E-state index in [2.05, 4.69) is 10.1 Å². The molecule has 4 heteroatoms. The molecule has 0 aliphatic carbocycles. The van der Waals surface area contributed by atoms with E-state index in [-0.39, 0.29) is 5.54 Å². The molecular formula is C10H14N4. The maximum Gasteiger partial charge on any atom is 0.155 e. The Labute approximate surface area is 82.8 Å². The van der Waals surface area contributed by atoms with Crippen molar-refractivity contribution in [1.29, 1.82) is 0 Å². The van der Waals surface area contributed by atoms with E-state index in [1.807, 2.05) is 33.0 Å². The van der Waals surface area contributed by atoms with Gasteiger partial charge in [-0.3, -0.25) is 0 Å². The van der Waals surface area contributed by atoms with Crippen LogP contribution in [0.1, 0.15) is 25.1 Å². The van der Waals surface area contributed by atoms with Crippen LogP contribution in [0.3, 0.4) is 0 Å². The first-order chi connectivity index (χ1) is 6.47. The molecule has 0 spiro atoms. The minimum absolute atomic E-state index is 0.374. The topological polar surface area (TPSA) is 56.2 Å². The Morgan fingerprint density at radius 3 is 2.79 bits per heavy atom. The van der Waals surface area contributed by atoms with Gasteiger partial charge in [-0.15, -0.1) is 0 Å². The van der Waals surface area contributed by atoms with E-state index in [1.54, 1.807) is 10.7 Å². The van der Waals surface area contributed by atoms with Crippen LogP contribution < -0.4 is 5.73 Å². The number of hydrogen-bond donors (Lipinski definition) is 1. The fraction of sp³-hybridized carbons (Fsp3) is 0.400. The lowest BCUT2D eigenvalue weighted by Gasteiger charge is -2.18. The highest BCUT2D eigenvalue weighted by molar-refractivity contribution is 5.39. The van der Waals surface area contributed by atoms with Crippen molar-refractivity contribution in [3.63, 3.8) is 0 Å². The molecule has 0 aliphatic rings. The van der Waals surface area contributed by atoms with Gasteiger partial charge in [-0.05, 0) is 20.8 Å². The molecule has 0 saturated heterocycles. The summed E-state index contributed by atoms with van der Waals surface area (Å²) in [7, 11) is 0. The highest BCUT2D eigenvalue weighted by Crippen LogP contribution is 2.15. The largest absolute Gasteiger partial charge is 0.322 e.